The lowest BCUT2D eigenvalue weighted by atomic mass is 9.67. The SMILES string of the molecule is Cc1ccc2c(c1)C(c1ccccc1)(c1ccccc1)c1cc(N(c3ccc(-c4ccc(N(c5ccc(-c6cccc7ccccc67)cc5)c5ccc6c(c5)C5(c7ccccc7-c7ccccc75)c5ccccc5-6)cc4)c(-c4ccccc4)c3)c3ccc4c(c3)C(c3ccccc3)(c3ccccc3)c3cc(C)ccc3-4)ccc1-2. The van der Waals surface area contributed by atoms with E-state index in [-0.39, 0.29) is 0 Å². The van der Waals surface area contributed by atoms with E-state index in [0.717, 1.165) is 56.4 Å². The molecule has 530 valence electrons. The van der Waals surface area contributed by atoms with Crippen molar-refractivity contribution >= 4 is 44.9 Å². The average molecular weight is 1440 g/mol. The lowest BCUT2D eigenvalue weighted by molar-refractivity contribution is 0.766. The van der Waals surface area contributed by atoms with Gasteiger partial charge in [0.2, 0.25) is 0 Å². The average Bonchev–Trinajstić information content (AvgIpc) is 1.52. The van der Waals surface area contributed by atoms with Crippen molar-refractivity contribution in [1.29, 1.82) is 0 Å². The van der Waals surface area contributed by atoms with Crippen molar-refractivity contribution in [3.8, 4) is 77.9 Å². The molecule has 22 rings (SSSR count). The first-order chi connectivity index (χ1) is 55.8. The van der Waals surface area contributed by atoms with Crippen LogP contribution in [0.2, 0.25) is 0 Å². The summed E-state index contributed by atoms with van der Waals surface area (Å²) >= 11 is 0. The van der Waals surface area contributed by atoms with Gasteiger partial charge in [0.15, 0.2) is 0 Å². The van der Waals surface area contributed by atoms with E-state index in [4.69, 9.17) is 0 Å². The van der Waals surface area contributed by atoms with Crippen LogP contribution in [-0.4, -0.2) is 0 Å². The summed E-state index contributed by atoms with van der Waals surface area (Å²) in [6.07, 6.45) is 0. The topological polar surface area (TPSA) is 6.48 Å². The van der Waals surface area contributed by atoms with E-state index >= 15 is 0 Å². The van der Waals surface area contributed by atoms with Gasteiger partial charge in [0.05, 0.1) is 16.2 Å². The highest BCUT2D eigenvalue weighted by molar-refractivity contribution is 6.01. The molecule has 18 aromatic rings. The number of fused-ring (bicyclic) bond motifs is 17. The van der Waals surface area contributed by atoms with Crippen molar-refractivity contribution < 1.29 is 0 Å². The first kappa shape index (κ1) is 65.9. The number of nitrogens with zero attached hydrogens (tertiary/aromatic N) is 2. The minimum absolute atomic E-state index is 0.514. The maximum absolute atomic E-state index is 2.55. The molecule has 0 saturated carbocycles. The summed E-state index contributed by atoms with van der Waals surface area (Å²) in [5.41, 5.74) is 39.3. The second-order valence-electron chi connectivity index (χ2n) is 31.0. The molecule has 0 amide bonds. The van der Waals surface area contributed by atoms with E-state index in [1.165, 1.54) is 144 Å². The highest BCUT2D eigenvalue weighted by atomic mass is 15.1. The zero-order chi connectivity index (χ0) is 74.9. The van der Waals surface area contributed by atoms with Crippen LogP contribution in [0.3, 0.4) is 0 Å². The van der Waals surface area contributed by atoms with Crippen LogP contribution in [0.4, 0.5) is 34.1 Å². The molecule has 0 aromatic heterocycles. The molecule has 18 aromatic carbocycles. The highest BCUT2D eigenvalue weighted by Gasteiger charge is 2.53. The summed E-state index contributed by atoms with van der Waals surface area (Å²) in [5.74, 6) is 0. The van der Waals surface area contributed by atoms with Crippen molar-refractivity contribution in [2.24, 2.45) is 0 Å². The normalized spacial score (nSPS) is 13.6. The molecule has 0 bridgehead atoms. The Morgan fingerprint density at radius 3 is 0.885 bits per heavy atom. The number of benzene rings is 18. The minimum atomic E-state index is -0.640. The van der Waals surface area contributed by atoms with Gasteiger partial charge in [-0.25, -0.2) is 0 Å². The van der Waals surface area contributed by atoms with E-state index < -0.39 is 16.2 Å². The van der Waals surface area contributed by atoms with Gasteiger partial charge in [-0.2, -0.15) is 0 Å². The molecule has 0 N–H and O–H groups in total. The summed E-state index contributed by atoms with van der Waals surface area (Å²) in [5, 5.41) is 2.47. The van der Waals surface area contributed by atoms with E-state index in [9.17, 15) is 0 Å². The van der Waals surface area contributed by atoms with Crippen LogP contribution in [0.1, 0.15) is 77.9 Å². The van der Waals surface area contributed by atoms with E-state index in [1.807, 2.05) is 0 Å². The largest absolute Gasteiger partial charge is 0.310 e. The highest BCUT2D eigenvalue weighted by Crippen LogP contribution is 2.65. The molecular formula is C111H76N2. The maximum atomic E-state index is 2.55. The Kier molecular flexibility index (Phi) is 15.2. The third-order valence-corrected chi connectivity index (χ3v) is 25.1. The standard InChI is InChI=1S/C111H76N2/c1-73-47-61-95-98-65-59-87(70-106(98)109(104(95)67-73,79-31-10-4-11-32-79)80-33-12-5-13-34-80)113(88-60-66-99-96-62-48-74(2)68-105(96)110(107(99)71-88,81-35-14-6-15-36-81)82-37-16-7-17-38-82)85-57-63-91(100(69-85)76-27-8-3-9-28-76)78-51-55-84(56-52-78)112(83-53-49-77(50-54-83)90-43-26-30-75-29-18-19-39-89(75)90)86-58-64-97-94-42-22-25-46-103(94)111(108(97)72-86)101-44-23-20-40-92(101)93-41-21-24-45-102(93)111/h3-72H,1-2H3. The quantitative estimate of drug-likeness (QED) is 0.114. The van der Waals surface area contributed by atoms with Crippen molar-refractivity contribution in [2.45, 2.75) is 30.1 Å². The van der Waals surface area contributed by atoms with Gasteiger partial charge in [-0.05, 0) is 242 Å². The molecule has 0 heterocycles. The lowest BCUT2D eigenvalue weighted by Crippen LogP contribution is -2.29. The summed E-state index contributed by atoms with van der Waals surface area (Å²) < 4.78 is 0. The van der Waals surface area contributed by atoms with Crippen LogP contribution >= 0.6 is 0 Å². The van der Waals surface area contributed by atoms with Crippen LogP contribution < -0.4 is 9.80 Å². The predicted molar refractivity (Wildman–Crippen MR) is 470 cm³/mol. The van der Waals surface area contributed by atoms with Gasteiger partial charge in [-0.3, -0.25) is 0 Å². The van der Waals surface area contributed by atoms with Gasteiger partial charge >= 0.3 is 0 Å². The van der Waals surface area contributed by atoms with Crippen molar-refractivity contribution in [3.05, 3.63) is 503 Å². The number of anilines is 6. The number of hydrogen-bond acceptors (Lipinski definition) is 2. The molecule has 2 heteroatoms. The van der Waals surface area contributed by atoms with Crippen LogP contribution in [0.5, 0.6) is 0 Å². The summed E-state index contributed by atoms with van der Waals surface area (Å²) in [4.78, 5) is 5.02. The van der Waals surface area contributed by atoms with Gasteiger partial charge in [0.25, 0.3) is 0 Å². The maximum Gasteiger partial charge on any atom is 0.0726 e. The summed E-state index contributed by atoms with van der Waals surface area (Å²) in [6.45, 7) is 4.47. The first-order valence-electron chi connectivity index (χ1n) is 39.5. The smallest absolute Gasteiger partial charge is 0.0726 e. The molecule has 0 atom stereocenters. The summed E-state index contributed by atoms with van der Waals surface area (Å²) in [7, 11) is 0. The van der Waals surface area contributed by atoms with E-state index in [1.54, 1.807) is 0 Å². The fraction of sp³-hybridized carbons (Fsp3) is 0.0450. The van der Waals surface area contributed by atoms with Crippen LogP contribution in [0, 0.1) is 13.8 Å². The lowest BCUT2D eigenvalue weighted by Gasteiger charge is -2.36. The molecule has 0 unspecified atom stereocenters. The molecule has 2 nitrogen and oxygen atoms in total. The Hall–Kier alpha value is -14.2. The second kappa shape index (κ2) is 26.0. The number of aryl methyl sites for hydroxylation is 2. The van der Waals surface area contributed by atoms with Crippen molar-refractivity contribution in [1.82, 2.24) is 0 Å². The molecule has 113 heavy (non-hydrogen) atoms. The molecule has 0 radical (unpaired) electrons. The Balaban J connectivity index is 0.739. The van der Waals surface area contributed by atoms with Crippen LogP contribution in [-0.2, 0) is 16.2 Å². The van der Waals surface area contributed by atoms with Crippen LogP contribution in [0.15, 0.2) is 425 Å². The van der Waals surface area contributed by atoms with Crippen LogP contribution in [0.25, 0.3) is 88.7 Å². The van der Waals surface area contributed by atoms with E-state index in [2.05, 4.69) is 448 Å². The second-order valence-corrected chi connectivity index (χ2v) is 31.0. The minimum Gasteiger partial charge on any atom is -0.310 e. The third-order valence-electron chi connectivity index (χ3n) is 25.1. The molecule has 1 spiro atoms. The summed E-state index contributed by atoms with van der Waals surface area (Å²) in [6, 6.07) is 160. The van der Waals surface area contributed by atoms with Gasteiger partial charge < -0.3 is 9.80 Å². The van der Waals surface area contributed by atoms with E-state index in [0.29, 0.717) is 0 Å². The van der Waals surface area contributed by atoms with Gasteiger partial charge in [-0.15, -0.1) is 0 Å². The fourth-order valence-corrected chi connectivity index (χ4v) is 20.4. The Morgan fingerprint density at radius 1 is 0.168 bits per heavy atom. The molecular weight excluding hydrogens is 1360 g/mol. The Bertz CT molecular complexity index is 6470. The molecule has 0 saturated heterocycles. The molecule has 4 aliphatic carbocycles. The number of rotatable bonds is 13. The molecule has 4 aliphatic rings. The van der Waals surface area contributed by atoms with Gasteiger partial charge in [0.1, 0.15) is 0 Å². The van der Waals surface area contributed by atoms with Gasteiger partial charge in [-0.1, -0.05) is 363 Å². The fourth-order valence-electron chi connectivity index (χ4n) is 20.4. The van der Waals surface area contributed by atoms with Crippen molar-refractivity contribution in [2.75, 3.05) is 9.80 Å². The van der Waals surface area contributed by atoms with Crippen molar-refractivity contribution in [3.63, 3.8) is 0 Å². The monoisotopic (exact) mass is 1440 g/mol. The Morgan fingerprint density at radius 2 is 0.451 bits per heavy atom. The zero-order valence-electron chi connectivity index (χ0n) is 62.8. The Labute approximate surface area is 660 Å². The first-order valence-corrected chi connectivity index (χ1v) is 39.5. The third kappa shape index (κ3) is 9.86. The zero-order valence-corrected chi connectivity index (χ0v) is 62.8. The predicted octanol–water partition coefficient (Wildman–Crippen LogP) is 28.5. The molecule has 0 fully saturated rings. The molecule has 0 aliphatic heterocycles. The van der Waals surface area contributed by atoms with Gasteiger partial charge in [0, 0.05) is 34.1 Å². The number of hydrogen-bond donors (Lipinski definition) is 0.